The van der Waals surface area contributed by atoms with Gasteiger partial charge in [0.1, 0.15) is 0 Å². The molecule has 0 N–H and O–H groups in total. The Kier molecular flexibility index (Phi) is 8.36. The van der Waals surface area contributed by atoms with Gasteiger partial charge < -0.3 is 4.90 Å². The maximum absolute atomic E-state index is 3.56. The molecule has 0 radical (unpaired) electrons. The van der Waals surface area contributed by atoms with Crippen LogP contribution in [0.5, 0.6) is 0 Å². The van der Waals surface area contributed by atoms with E-state index >= 15 is 0 Å². The van der Waals surface area contributed by atoms with Crippen molar-refractivity contribution >= 4 is 11.9 Å². The SMILES string of the molecule is C=CC(C)C.CC(C)SN1CCC2(CCN(C)CC2)CC1. The first-order valence-corrected chi connectivity index (χ1v) is 9.43. The van der Waals surface area contributed by atoms with Crippen molar-refractivity contribution in [2.24, 2.45) is 11.3 Å². The largest absolute Gasteiger partial charge is 0.306 e. The molecule has 0 saturated carbocycles. The lowest BCUT2D eigenvalue weighted by Gasteiger charge is -2.46. The standard InChI is InChI=1S/C13H26N2S.C5H10/c1-12(2)16-15-10-6-13(7-11-15)4-8-14(3)9-5-13;1-4-5(2)3/h12H,4-11H2,1-3H3;4-5H,1H2,2-3H3. The van der Waals surface area contributed by atoms with Gasteiger partial charge in [-0.25, -0.2) is 0 Å². The number of nitrogens with zero attached hydrogens (tertiary/aromatic N) is 2. The fourth-order valence-electron chi connectivity index (χ4n) is 2.96. The molecule has 0 bridgehead atoms. The smallest absolute Gasteiger partial charge is 0.0138 e. The molecule has 2 saturated heterocycles. The molecule has 21 heavy (non-hydrogen) atoms. The summed E-state index contributed by atoms with van der Waals surface area (Å²) in [6, 6.07) is 0. The molecule has 0 atom stereocenters. The molecule has 0 amide bonds. The van der Waals surface area contributed by atoms with Crippen molar-refractivity contribution in [2.75, 3.05) is 33.2 Å². The first-order chi connectivity index (χ1) is 9.87. The summed E-state index contributed by atoms with van der Waals surface area (Å²) in [7, 11) is 2.26. The quantitative estimate of drug-likeness (QED) is 0.552. The van der Waals surface area contributed by atoms with Crippen molar-refractivity contribution in [3.63, 3.8) is 0 Å². The molecule has 0 aliphatic carbocycles. The van der Waals surface area contributed by atoms with Crippen molar-refractivity contribution in [3.8, 4) is 0 Å². The summed E-state index contributed by atoms with van der Waals surface area (Å²) in [6.45, 7) is 17.6. The van der Waals surface area contributed by atoms with Crippen LogP contribution in [0.1, 0.15) is 53.4 Å². The maximum Gasteiger partial charge on any atom is 0.0138 e. The fourth-order valence-corrected chi connectivity index (χ4v) is 3.95. The van der Waals surface area contributed by atoms with Gasteiger partial charge >= 0.3 is 0 Å². The van der Waals surface area contributed by atoms with Crippen LogP contribution in [-0.2, 0) is 0 Å². The van der Waals surface area contributed by atoms with E-state index in [0.29, 0.717) is 11.3 Å². The van der Waals surface area contributed by atoms with Crippen molar-refractivity contribution in [2.45, 2.75) is 58.6 Å². The van der Waals surface area contributed by atoms with Gasteiger partial charge in [-0.3, -0.25) is 4.31 Å². The number of hydrogen-bond donors (Lipinski definition) is 0. The molecular formula is C18H36N2S. The van der Waals surface area contributed by atoms with Crippen LogP contribution in [-0.4, -0.2) is 47.7 Å². The summed E-state index contributed by atoms with van der Waals surface area (Å²) < 4.78 is 2.59. The first kappa shape index (κ1) is 19.1. The first-order valence-electron chi connectivity index (χ1n) is 8.60. The Morgan fingerprint density at radius 3 is 1.76 bits per heavy atom. The zero-order chi connectivity index (χ0) is 15.9. The van der Waals surface area contributed by atoms with Crippen LogP contribution in [0.25, 0.3) is 0 Å². The third-order valence-electron chi connectivity index (χ3n) is 4.66. The van der Waals surface area contributed by atoms with E-state index in [-0.39, 0.29) is 0 Å². The summed E-state index contributed by atoms with van der Waals surface area (Å²) >= 11 is 2.05. The second-order valence-electron chi connectivity index (χ2n) is 7.37. The molecule has 1 spiro atoms. The van der Waals surface area contributed by atoms with E-state index in [1.165, 1.54) is 51.9 Å². The fraction of sp³-hybridized carbons (Fsp3) is 0.889. The molecule has 0 aromatic heterocycles. The van der Waals surface area contributed by atoms with E-state index in [2.05, 4.69) is 50.5 Å². The number of rotatable bonds is 3. The third kappa shape index (κ3) is 7.21. The molecular weight excluding hydrogens is 276 g/mol. The van der Waals surface area contributed by atoms with Crippen molar-refractivity contribution in [3.05, 3.63) is 12.7 Å². The average Bonchev–Trinajstić information content (AvgIpc) is 2.45. The zero-order valence-electron chi connectivity index (χ0n) is 14.9. The van der Waals surface area contributed by atoms with Crippen molar-refractivity contribution < 1.29 is 0 Å². The second kappa shape index (κ2) is 9.22. The molecule has 0 unspecified atom stereocenters. The summed E-state index contributed by atoms with van der Waals surface area (Å²) in [4.78, 5) is 2.49. The van der Waals surface area contributed by atoms with Gasteiger partial charge in [-0.1, -0.05) is 45.7 Å². The van der Waals surface area contributed by atoms with E-state index in [1.54, 1.807) is 0 Å². The van der Waals surface area contributed by atoms with Crippen LogP contribution in [0.2, 0.25) is 0 Å². The molecule has 2 fully saturated rings. The summed E-state index contributed by atoms with van der Waals surface area (Å²) in [5.41, 5.74) is 0.709. The third-order valence-corrected chi connectivity index (χ3v) is 5.75. The van der Waals surface area contributed by atoms with Crippen LogP contribution in [0, 0.1) is 11.3 Å². The van der Waals surface area contributed by atoms with Gasteiger partial charge in [0, 0.05) is 18.3 Å². The topological polar surface area (TPSA) is 6.48 Å². The van der Waals surface area contributed by atoms with Crippen LogP contribution >= 0.6 is 11.9 Å². The van der Waals surface area contributed by atoms with E-state index in [9.17, 15) is 0 Å². The Labute approximate surface area is 137 Å². The summed E-state index contributed by atoms with van der Waals surface area (Å²) in [5.74, 6) is 0.648. The highest BCUT2D eigenvalue weighted by Gasteiger charge is 2.36. The highest BCUT2D eigenvalue weighted by Crippen LogP contribution is 2.42. The number of allylic oxidation sites excluding steroid dienone is 1. The van der Waals surface area contributed by atoms with E-state index in [0.717, 1.165) is 5.25 Å². The minimum Gasteiger partial charge on any atom is -0.306 e. The average molecular weight is 313 g/mol. The van der Waals surface area contributed by atoms with Gasteiger partial charge in [-0.15, -0.1) is 6.58 Å². The van der Waals surface area contributed by atoms with Gasteiger partial charge in [-0.2, -0.15) is 0 Å². The van der Waals surface area contributed by atoms with Crippen LogP contribution in [0.3, 0.4) is 0 Å². The highest BCUT2D eigenvalue weighted by molar-refractivity contribution is 7.97. The van der Waals surface area contributed by atoms with Crippen molar-refractivity contribution in [1.29, 1.82) is 0 Å². The molecule has 0 aromatic rings. The second-order valence-corrected chi connectivity index (χ2v) is 9.04. The molecule has 3 heteroatoms. The van der Waals surface area contributed by atoms with E-state index in [1.807, 2.05) is 18.0 Å². The number of likely N-dealkylation sites (tertiary alicyclic amines) is 1. The molecule has 2 aliphatic rings. The molecule has 2 heterocycles. The lowest BCUT2D eigenvalue weighted by atomic mass is 9.72. The van der Waals surface area contributed by atoms with E-state index in [4.69, 9.17) is 0 Å². The number of piperidine rings is 2. The predicted octanol–water partition coefficient (Wildman–Crippen LogP) is 4.68. The van der Waals surface area contributed by atoms with Crippen LogP contribution in [0.15, 0.2) is 12.7 Å². The Balaban J connectivity index is 0.000000383. The van der Waals surface area contributed by atoms with E-state index < -0.39 is 0 Å². The minimum atomic E-state index is 0.648. The van der Waals surface area contributed by atoms with Gasteiger partial charge in [0.15, 0.2) is 0 Å². The Morgan fingerprint density at radius 2 is 1.38 bits per heavy atom. The van der Waals surface area contributed by atoms with Crippen LogP contribution in [0.4, 0.5) is 0 Å². The molecule has 2 aliphatic heterocycles. The number of hydrogen-bond acceptors (Lipinski definition) is 3. The lowest BCUT2D eigenvalue weighted by molar-refractivity contribution is 0.0695. The molecule has 124 valence electrons. The summed E-state index contributed by atoms with van der Waals surface area (Å²) in [6.07, 6.45) is 7.65. The van der Waals surface area contributed by atoms with Gasteiger partial charge in [0.2, 0.25) is 0 Å². The van der Waals surface area contributed by atoms with Gasteiger partial charge in [-0.05, 0) is 57.2 Å². The normalized spacial score (nSPS) is 23.2. The van der Waals surface area contributed by atoms with Crippen LogP contribution < -0.4 is 0 Å². The van der Waals surface area contributed by atoms with Gasteiger partial charge in [0.25, 0.3) is 0 Å². The Hall–Kier alpha value is 0.01000. The Morgan fingerprint density at radius 1 is 0.952 bits per heavy atom. The monoisotopic (exact) mass is 312 g/mol. The van der Waals surface area contributed by atoms with Gasteiger partial charge in [0.05, 0.1) is 0 Å². The Bertz CT molecular complexity index is 284. The zero-order valence-corrected chi connectivity index (χ0v) is 15.7. The molecule has 0 aromatic carbocycles. The highest BCUT2D eigenvalue weighted by atomic mass is 32.2. The minimum absolute atomic E-state index is 0.648. The molecule has 2 nitrogen and oxygen atoms in total. The maximum atomic E-state index is 3.56. The molecule has 2 rings (SSSR count). The summed E-state index contributed by atoms with van der Waals surface area (Å²) in [5, 5.41) is 0.742. The van der Waals surface area contributed by atoms with Crippen molar-refractivity contribution in [1.82, 2.24) is 9.21 Å². The predicted molar refractivity (Wildman–Crippen MR) is 97.7 cm³/mol. The lowest BCUT2D eigenvalue weighted by Crippen LogP contribution is -2.44.